The van der Waals surface area contributed by atoms with Crippen LogP contribution in [0.5, 0.6) is 0 Å². The molecule has 0 rings (SSSR count). The maximum Gasteiger partial charge on any atom is 0.127 e. The standard InChI is InChI=1S/C18H44FP7/c1-11(2,20)14(6,22)16(8,24)13(5,19)17(9,25)18(10,26)15(7,23)12(3,4)21/h20-26H2,1-10H3. The number of hydrogen-bond acceptors (Lipinski definition) is 0. The highest BCUT2D eigenvalue weighted by molar-refractivity contribution is 7.31. The molecule has 0 N–H and O–H groups in total. The molecule has 0 aliphatic carbocycles. The van der Waals surface area contributed by atoms with Crippen LogP contribution in [0.1, 0.15) is 69.2 Å². The second-order valence-electron chi connectivity index (χ2n) is 10.5. The van der Waals surface area contributed by atoms with Crippen molar-refractivity contribution in [1.29, 1.82) is 0 Å². The van der Waals surface area contributed by atoms with Gasteiger partial charge in [0.15, 0.2) is 0 Å². The van der Waals surface area contributed by atoms with Crippen LogP contribution in [-0.2, 0) is 0 Å². The van der Waals surface area contributed by atoms with Crippen molar-refractivity contribution in [2.24, 2.45) is 0 Å². The molecule has 0 aromatic carbocycles. The van der Waals surface area contributed by atoms with Crippen molar-refractivity contribution < 1.29 is 4.39 Å². The van der Waals surface area contributed by atoms with Crippen molar-refractivity contribution in [3.05, 3.63) is 0 Å². The second kappa shape index (κ2) is 7.81. The molecule has 0 aromatic heterocycles. The average molecular weight is 496 g/mol. The molecule has 0 aliphatic rings. The van der Waals surface area contributed by atoms with Gasteiger partial charge in [-0.2, -0.15) is 0 Å². The summed E-state index contributed by atoms with van der Waals surface area (Å²) in [6, 6.07) is 0. The van der Waals surface area contributed by atoms with Gasteiger partial charge in [-0.05, 0) is 17.2 Å². The molecule has 158 valence electrons. The first-order chi connectivity index (χ1) is 10.8. The van der Waals surface area contributed by atoms with Gasteiger partial charge in [0.2, 0.25) is 0 Å². The lowest BCUT2D eigenvalue weighted by Gasteiger charge is -2.65. The Morgan fingerprint density at radius 2 is 0.577 bits per heavy atom. The lowest BCUT2D eigenvalue weighted by atomic mass is 9.63. The normalized spacial score (nSPS) is 27.9. The van der Waals surface area contributed by atoms with E-state index in [1.54, 1.807) is 6.92 Å². The van der Waals surface area contributed by atoms with E-state index in [1.165, 1.54) is 0 Å². The van der Waals surface area contributed by atoms with Gasteiger partial charge < -0.3 is 0 Å². The van der Waals surface area contributed by atoms with E-state index in [-0.39, 0.29) is 20.6 Å². The van der Waals surface area contributed by atoms with E-state index in [4.69, 9.17) is 0 Å². The topological polar surface area (TPSA) is 0 Å². The molecule has 26 heavy (non-hydrogen) atoms. The minimum absolute atomic E-state index is 0.0937. The third kappa shape index (κ3) is 4.17. The fraction of sp³-hybridized carbons (Fsp3) is 1.00. The molecule has 0 saturated heterocycles. The molecule has 0 aliphatic heterocycles. The van der Waals surface area contributed by atoms with Crippen LogP contribution in [0.4, 0.5) is 4.39 Å². The van der Waals surface area contributed by atoms with Crippen LogP contribution in [0.2, 0.25) is 0 Å². The molecular formula is C18H44FP7. The minimum atomic E-state index is -1.51. The summed E-state index contributed by atoms with van der Waals surface area (Å²) in [5.74, 6) is 0. The van der Waals surface area contributed by atoms with E-state index in [1.807, 2.05) is 13.8 Å². The van der Waals surface area contributed by atoms with E-state index >= 15 is 4.39 Å². The molecule has 0 spiro atoms. The zero-order valence-electron chi connectivity index (χ0n) is 18.4. The van der Waals surface area contributed by atoms with E-state index in [2.05, 4.69) is 113 Å². The van der Waals surface area contributed by atoms with Crippen LogP contribution >= 0.6 is 64.7 Å². The molecular weight excluding hydrogens is 452 g/mol. The van der Waals surface area contributed by atoms with Gasteiger partial charge in [-0.25, -0.2) is 4.39 Å². The van der Waals surface area contributed by atoms with Crippen molar-refractivity contribution >= 4 is 64.7 Å². The van der Waals surface area contributed by atoms with E-state index in [0.29, 0.717) is 0 Å². The van der Waals surface area contributed by atoms with Crippen molar-refractivity contribution in [3.63, 3.8) is 0 Å². The number of alkyl halides is 1. The van der Waals surface area contributed by atoms with Gasteiger partial charge >= 0.3 is 0 Å². The summed E-state index contributed by atoms with van der Waals surface area (Å²) in [7, 11) is 20.5. The number of rotatable bonds is 7. The van der Waals surface area contributed by atoms with Gasteiger partial charge in [-0.1, -0.05) is 62.3 Å². The molecule has 13 unspecified atom stereocenters. The first kappa shape index (κ1) is 28.9. The van der Waals surface area contributed by atoms with Gasteiger partial charge in [0, 0.05) is 25.8 Å². The van der Waals surface area contributed by atoms with Crippen LogP contribution in [-0.4, -0.2) is 41.8 Å². The highest BCUT2D eigenvalue weighted by Gasteiger charge is 2.68. The molecule has 0 bridgehead atoms. The zero-order valence-corrected chi connectivity index (χ0v) is 26.5. The maximum absolute atomic E-state index is 17.0. The van der Waals surface area contributed by atoms with Gasteiger partial charge in [0.25, 0.3) is 0 Å². The summed E-state index contributed by atoms with van der Waals surface area (Å²) >= 11 is 0. The Hall–Kier alpha value is 2.94. The Morgan fingerprint density at radius 3 is 0.808 bits per heavy atom. The van der Waals surface area contributed by atoms with Crippen molar-refractivity contribution in [2.75, 3.05) is 0 Å². The predicted molar refractivity (Wildman–Crippen MR) is 148 cm³/mol. The number of halogens is 1. The monoisotopic (exact) mass is 496 g/mol. The Balaban J connectivity index is 6.61. The fourth-order valence-corrected chi connectivity index (χ4v) is 7.14. The van der Waals surface area contributed by atoms with Crippen LogP contribution in [0.25, 0.3) is 0 Å². The largest absolute Gasteiger partial charge is 0.242 e. The summed E-state index contributed by atoms with van der Waals surface area (Å²) in [6.07, 6.45) is 0. The third-order valence-electron chi connectivity index (χ3n) is 7.86. The molecule has 0 heterocycles. The Morgan fingerprint density at radius 1 is 0.385 bits per heavy atom. The summed E-state index contributed by atoms with van der Waals surface area (Å²) < 4.78 is 17.0. The van der Waals surface area contributed by atoms with Crippen molar-refractivity contribution in [3.8, 4) is 0 Å². The molecule has 0 aromatic rings. The average Bonchev–Trinajstić information content (AvgIpc) is 2.34. The summed E-state index contributed by atoms with van der Waals surface area (Å²) in [4.78, 5) is 0. The zero-order chi connectivity index (χ0) is 22.0. The van der Waals surface area contributed by atoms with Crippen molar-refractivity contribution in [2.45, 2.75) is 111 Å². The quantitative estimate of drug-likeness (QED) is 0.369. The molecule has 0 fully saturated rings. The molecule has 13 atom stereocenters. The van der Waals surface area contributed by atoms with Crippen molar-refractivity contribution in [1.82, 2.24) is 0 Å². The predicted octanol–water partition coefficient (Wildman–Crippen LogP) is 6.19. The lowest BCUT2D eigenvalue weighted by molar-refractivity contribution is 0.0422. The van der Waals surface area contributed by atoms with Crippen LogP contribution in [0.3, 0.4) is 0 Å². The third-order valence-corrected chi connectivity index (χ3v) is 16.9. The first-order valence-corrected chi connectivity index (χ1v) is 13.0. The maximum atomic E-state index is 17.0. The van der Waals surface area contributed by atoms with Crippen LogP contribution < -0.4 is 0 Å². The Labute approximate surface area is 179 Å². The Kier molecular flexibility index (Phi) is 8.70. The van der Waals surface area contributed by atoms with Crippen LogP contribution in [0, 0.1) is 0 Å². The summed E-state index contributed by atoms with van der Waals surface area (Å²) in [5.41, 5.74) is -1.51. The Bertz CT molecular complexity index is 473. The molecule has 0 amide bonds. The van der Waals surface area contributed by atoms with Gasteiger partial charge in [0.05, 0.1) is 0 Å². The van der Waals surface area contributed by atoms with Crippen LogP contribution in [0.15, 0.2) is 0 Å². The van der Waals surface area contributed by atoms with E-state index in [9.17, 15) is 0 Å². The molecule has 8 heteroatoms. The fourth-order valence-electron chi connectivity index (χ4n) is 3.39. The lowest BCUT2D eigenvalue weighted by Crippen LogP contribution is -2.74. The highest BCUT2D eigenvalue weighted by atomic mass is 31.0. The van der Waals surface area contributed by atoms with E-state index < -0.39 is 21.1 Å². The first-order valence-electron chi connectivity index (χ1n) is 8.96. The van der Waals surface area contributed by atoms with Gasteiger partial charge in [0.1, 0.15) is 5.67 Å². The summed E-state index contributed by atoms with van der Waals surface area (Å²) in [6.45, 7) is 21.0. The molecule has 0 radical (unpaired) electrons. The molecule has 0 nitrogen and oxygen atoms in total. The smallest absolute Gasteiger partial charge is 0.127 e. The number of hydrogen-bond donors (Lipinski definition) is 0. The summed E-state index contributed by atoms with van der Waals surface area (Å²) in [5, 5.41) is -2.71. The van der Waals surface area contributed by atoms with Gasteiger partial charge in [-0.3, -0.25) is 0 Å². The highest BCUT2D eigenvalue weighted by Crippen LogP contribution is 2.66. The minimum Gasteiger partial charge on any atom is -0.242 e. The van der Waals surface area contributed by atoms with Gasteiger partial charge in [-0.15, -0.1) is 64.7 Å². The second-order valence-corrected chi connectivity index (χ2v) is 19.1. The SMILES string of the molecule is CC(C)(P)C(C)(P)C(C)(P)C(C)(F)C(C)(P)C(C)(P)C(C)(P)C(C)(C)P. The molecule has 0 saturated carbocycles. The van der Waals surface area contributed by atoms with E-state index in [0.717, 1.165) is 0 Å².